The molecule has 0 aromatic rings. The Bertz CT molecular complexity index is 256. The normalized spacial score (nSPS) is 20.8. The van der Waals surface area contributed by atoms with Crippen LogP contribution in [-0.2, 0) is 0 Å². The molecule has 10 heavy (non-hydrogen) atoms. The van der Waals surface area contributed by atoms with Crippen LogP contribution in [0.4, 0.5) is 0 Å². The highest BCUT2D eigenvalue weighted by molar-refractivity contribution is 5.68. The van der Waals surface area contributed by atoms with Crippen molar-refractivity contribution in [2.24, 2.45) is 4.99 Å². The second kappa shape index (κ2) is 2.14. The molecule has 0 unspecified atom stereocenters. The van der Waals surface area contributed by atoms with Crippen molar-refractivity contribution < 1.29 is 0 Å². The van der Waals surface area contributed by atoms with E-state index in [1.807, 2.05) is 30.9 Å². The Labute approximate surface area is 59.7 Å². The maximum atomic E-state index is 4.05. The fraction of sp³-hybridized carbons (Fsp3) is 0.125. The zero-order chi connectivity index (χ0) is 6.81. The Balaban J connectivity index is 2.39. The summed E-state index contributed by atoms with van der Waals surface area (Å²) in [5, 5.41) is 3.04. The van der Waals surface area contributed by atoms with Gasteiger partial charge in [0.25, 0.3) is 0 Å². The van der Waals surface area contributed by atoms with E-state index in [1.165, 1.54) is 11.1 Å². The summed E-state index contributed by atoms with van der Waals surface area (Å²) in [6.45, 7) is 0. The second-order valence-corrected chi connectivity index (χ2v) is 2.29. The zero-order valence-electron chi connectivity index (χ0n) is 5.54. The molecule has 0 saturated heterocycles. The lowest BCUT2D eigenvalue weighted by molar-refractivity contribution is 1.09. The first-order valence-electron chi connectivity index (χ1n) is 3.30. The number of rotatable bonds is 0. The topological polar surface area (TPSA) is 24.4 Å². The van der Waals surface area contributed by atoms with Gasteiger partial charge in [0.2, 0.25) is 0 Å². The molecular formula is C8H8N2. The average molecular weight is 132 g/mol. The maximum Gasteiger partial charge on any atom is 0.0340 e. The molecule has 0 aliphatic carbocycles. The summed E-state index contributed by atoms with van der Waals surface area (Å²) in [5.74, 6) is 0. The lowest BCUT2D eigenvalue weighted by Crippen LogP contribution is -2.05. The van der Waals surface area contributed by atoms with E-state index in [2.05, 4.69) is 10.3 Å². The quantitative estimate of drug-likeness (QED) is 0.528. The summed E-state index contributed by atoms with van der Waals surface area (Å²) in [6, 6.07) is 0. The van der Waals surface area contributed by atoms with E-state index in [0.717, 1.165) is 6.42 Å². The summed E-state index contributed by atoms with van der Waals surface area (Å²) in [5.41, 5.74) is 2.54. The third-order valence-corrected chi connectivity index (χ3v) is 1.62. The molecule has 2 aliphatic heterocycles. The molecule has 0 aromatic carbocycles. The van der Waals surface area contributed by atoms with E-state index >= 15 is 0 Å². The van der Waals surface area contributed by atoms with Gasteiger partial charge in [-0.25, -0.2) is 0 Å². The minimum absolute atomic E-state index is 0.948. The van der Waals surface area contributed by atoms with E-state index in [-0.39, 0.29) is 0 Å². The van der Waals surface area contributed by atoms with E-state index in [9.17, 15) is 0 Å². The fourth-order valence-electron chi connectivity index (χ4n) is 1.06. The lowest BCUT2D eigenvalue weighted by Gasteiger charge is -2.12. The van der Waals surface area contributed by atoms with E-state index in [0.29, 0.717) is 0 Å². The Morgan fingerprint density at radius 3 is 3.40 bits per heavy atom. The Kier molecular flexibility index (Phi) is 1.17. The number of hydrogen-bond acceptors (Lipinski definition) is 2. The number of nitrogens with zero attached hydrogens (tertiary/aromatic N) is 1. The molecular weight excluding hydrogens is 124 g/mol. The van der Waals surface area contributed by atoms with Gasteiger partial charge in [0.05, 0.1) is 0 Å². The first kappa shape index (κ1) is 5.47. The molecule has 0 saturated carbocycles. The van der Waals surface area contributed by atoms with Crippen molar-refractivity contribution in [2.45, 2.75) is 6.42 Å². The number of allylic oxidation sites excluding steroid dienone is 3. The van der Waals surface area contributed by atoms with Gasteiger partial charge in [-0.3, -0.25) is 4.99 Å². The van der Waals surface area contributed by atoms with Gasteiger partial charge in [-0.15, -0.1) is 0 Å². The van der Waals surface area contributed by atoms with Crippen LogP contribution in [0.3, 0.4) is 0 Å². The first-order valence-corrected chi connectivity index (χ1v) is 3.30. The van der Waals surface area contributed by atoms with Gasteiger partial charge < -0.3 is 5.32 Å². The molecule has 0 atom stereocenters. The first-order chi connectivity index (χ1) is 4.97. The minimum Gasteiger partial charge on any atom is -0.367 e. The van der Waals surface area contributed by atoms with Crippen molar-refractivity contribution in [1.29, 1.82) is 0 Å². The minimum atomic E-state index is 0.948. The van der Waals surface area contributed by atoms with Crippen molar-refractivity contribution in [3.05, 3.63) is 35.8 Å². The maximum absolute atomic E-state index is 4.05. The van der Waals surface area contributed by atoms with Gasteiger partial charge in [-0.1, -0.05) is 0 Å². The molecule has 2 heteroatoms. The highest BCUT2D eigenvalue weighted by atomic mass is 14.8. The van der Waals surface area contributed by atoms with Gasteiger partial charge in [-0.05, 0) is 17.2 Å². The van der Waals surface area contributed by atoms with Crippen LogP contribution in [0.5, 0.6) is 0 Å². The Morgan fingerprint density at radius 2 is 2.50 bits per heavy atom. The molecule has 50 valence electrons. The molecule has 2 heterocycles. The highest BCUT2D eigenvalue weighted by Gasteiger charge is 2.05. The van der Waals surface area contributed by atoms with Gasteiger partial charge in [0.1, 0.15) is 0 Å². The summed E-state index contributed by atoms with van der Waals surface area (Å²) in [7, 11) is 0. The Hall–Kier alpha value is -1.31. The lowest BCUT2D eigenvalue weighted by atomic mass is 10.0. The van der Waals surface area contributed by atoms with E-state index in [1.54, 1.807) is 0 Å². The predicted octanol–water partition coefficient (Wildman–Crippen LogP) is 1.35. The van der Waals surface area contributed by atoms with Crippen molar-refractivity contribution >= 4 is 6.21 Å². The van der Waals surface area contributed by atoms with Crippen molar-refractivity contribution in [3.63, 3.8) is 0 Å². The third-order valence-electron chi connectivity index (χ3n) is 1.62. The average Bonchev–Trinajstić information content (AvgIpc) is 2.05. The van der Waals surface area contributed by atoms with Crippen LogP contribution in [0.1, 0.15) is 6.42 Å². The predicted molar refractivity (Wildman–Crippen MR) is 41.6 cm³/mol. The number of fused-ring (bicyclic) bond motifs is 1. The van der Waals surface area contributed by atoms with Gasteiger partial charge in [0.15, 0.2) is 0 Å². The molecule has 2 nitrogen and oxygen atoms in total. The van der Waals surface area contributed by atoms with Crippen LogP contribution in [-0.4, -0.2) is 6.21 Å². The smallest absolute Gasteiger partial charge is 0.0340 e. The Morgan fingerprint density at radius 1 is 1.50 bits per heavy atom. The largest absolute Gasteiger partial charge is 0.367 e. The molecule has 0 aromatic heterocycles. The molecule has 0 radical (unpaired) electrons. The second-order valence-electron chi connectivity index (χ2n) is 2.29. The van der Waals surface area contributed by atoms with E-state index < -0.39 is 0 Å². The molecule has 0 bridgehead atoms. The third kappa shape index (κ3) is 0.778. The summed E-state index contributed by atoms with van der Waals surface area (Å²) < 4.78 is 0. The van der Waals surface area contributed by atoms with Gasteiger partial charge in [-0.2, -0.15) is 0 Å². The molecule has 0 fully saturated rings. The van der Waals surface area contributed by atoms with Crippen LogP contribution in [0.25, 0.3) is 0 Å². The number of hydrogen-bond donors (Lipinski definition) is 1. The van der Waals surface area contributed by atoms with Crippen LogP contribution in [0.15, 0.2) is 40.8 Å². The molecule has 1 N–H and O–H groups in total. The number of aliphatic imine (C=N–C) groups is 1. The van der Waals surface area contributed by atoms with Crippen LogP contribution in [0, 0.1) is 0 Å². The van der Waals surface area contributed by atoms with Crippen molar-refractivity contribution in [1.82, 2.24) is 5.32 Å². The van der Waals surface area contributed by atoms with Crippen LogP contribution >= 0.6 is 0 Å². The van der Waals surface area contributed by atoms with Gasteiger partial charge in [0, 0.05) is 31.2 Å². The standard InChI is InChI=1S/C8H8N2/c1-3-9-6-8-2-4-10-5-7(1)8/h1,3-6,9H,2H2. The summed E-state index contributed by atoms with van der Waals surface area (Å²) in [4.78, 5) is 4.05. The molecule has 0 amide bonds. The monoisotopic (exact) mass is 132 g/mol. The fourth-order valence-corrected chi connectivity index (χ4v) is 1.06. The van der Waals surface area contributed by atoms with Crippen LogP contribution in [0.2, 0.25) is 0 Å². The van der Waals surface area contributed by atoms with Crippen LogP contribution < -0.4 is 5.32 Å². The zero-order valence-corrected chi connectivity index (χ0v) is 5.54. The van der Waals surface area contributed by atoms with E-state index in [4.69, 9.17) is 0 Å². The number of nitrogens with one attached hydrogen (secondary N) is 1. The SMILES string of the molecule is C1=CC2=CN=CCC2=CN1. The van der Waals surface area contributed by atoms with Crippen molar-refractivity contribution in [2.75, 3.05) is 0 Å². The van der Waals surface area contributed by atoms with Crippen molar-refractivity contribution in [3.8, 4) is 0 Å². The molecule has 2 aliphatic rings. The van der Waals surface area contributed by atoms with Gasteiger partial charge >= 0.3 is 0 Å². The summed E-state index contributed by atoms with van der Waals surface area (Å²) in [6.07, 6.45) is 10.7. The number of dihydropyridines is 1. The molecule has 0 spiro atoms. The molecule has 2 rings (SSSR count). The highest BCUT2D eigenvalue weighted by Crippen LogP contribution is 2.19. The summed E-state index contributed by atoms with van der Waals surface area (Å²) >= 11 is 0.